The second-order valence-corrected chi connectivity index (χ2v) is 7.31. The summed E-state index contributed by atoms with van der Waals surface area (Å²) in [6, 6.07) is 8.01. The monoisotopic (exact) mass is 308 g/mol. The molecule has 0 bridgehead atoms. The summed E-state index contributed by atoms with van der Waals surface area (Å²) in [6.07, 6.45) is 0. The normalized spacial score (nSPS) is 11.1. The Morgan fingerprint density at radius 3 is 2.60 bits per heavy atom. The van der Waals surface area contributed by atoms with Crippen molar-refractivity contribution in [3.8, 4) is 11.8 Å². The molecule has 7 heteroatoms. The molecule has 20 heavy (non-hydrogen) atoms. The molecule has 2 rings (SSSR count). The highest BCUT2D eigenvalue weighted by atomic mass is 32.2. The fourth-order valence-corrected chi connectivity index (χ4v) is 3.92. The molecule has 0 amide bonds. The Morgan fingerprint density at radius 1 is 1.30 bits per heavy atom. The van der Waals surface area contributed by atoms with E-state index < -0.39 is 10.0 Å². The van der Waals surface area contributed by atoms with E-state index in [0.29, 0.717) is 10.4 Å². The van der Waals surface area contributed by atoms with Crippen LogP contribution in [0.15, 0.2) is 28.5 Å². The lowest BCUT2D eigenvalue weighted by molar-refractivity contribution is 0.473. The van der Waals surface area contributed by atoms with Crippen molar-refractivity contribution in [2.24, 2.45) is 0 Å². The summed E-state index contributed by atoms with van der Waals surface area (Å²) in [5.74, 6) is -0.101. The zero-order valence-electron chi connectivity index (χ0n) is 10.8. The fourth-order valence-electron chi connectivity index (χ4n) is 1.76. The van der Waals surface area contributed by atoms with Gasteiger partial charge in [-0.3, -0.25) is 4.72 Å². The van der Waals surface area contributed by atoms with Crippen molar-refractivity contribution in [1.82, 2.24) is 0 Å². The number of nitriles is 1. The van der Waals surface area contributed by atoms with Gasteiger partial charge < -0.3 is 5.11 Å². The van der Waals surface area contributed by atoms with E-state index in [1.807, 2.05) is 13.0 Å². The van der Waals surface area contributed by atoms with Crippen molar-refractivity contribution < 1.29 is 13.5 Å². The molecule has 0 aliphatic rings. The maximum atomic E-state index is 12.2. The second kappa shape index (κ2) is 5.15. The predicted octanol–water partition coefficient (Wildman–Crippen LogP) is 2.74. The standard InChI is InChI=1S/C13H12N2O3S2/c1-8-5-9(2)13(16)11(6-8)15-20(17,18)12-4-3-10(7-14)19-12/h3-6,15-16H,1-2H3. The van der Waals surface area contributed by atoms with E-state index >= 15 is 0 Å². The van der Waals surface area contributed by atoms with Crippen molar-refractivity contribution in [3.05, 3.63) is 40.3 Å². The third-order valence-corrected chi connectivity index (χ3v) is 5.49. The van der Waals surface area contributed by atoms with Crippen LogP contribution in [0, 0.1) is 25.2 Å². The number of sulfonamides is 1. The molecule has 2 N–H and O–H groups in total. The van der Waals surface area contributed by atoms with Crippen LogP contribution in [0.2, 0.25) is 0 Å². The summed E-state index contributed by atoms with van der Waals surface area (Å²) >= 11 is 0.880. The van der Waals surface area contributed by atoms with Crippen LogP contribution in [0.25, 0.3) is 0 Å². The van der Waals surface area contributed by atoms with Crippen LogP contribution in [0.1, 0.15) is 16.0 Å². The molecule has 0 unspecified atom stereocenters. The summed E-state index contributed by atoms with van der Waals surface area (Å²) in [5.41, 5.74) is 1.56. The van der Waals surface area contributed by atoms with Crippen LogP contribution in [-0.4, -0.2) is 13.5 Å². The highest BCUT2D eigenvalue weighted by molar-refractivity contribution is 7.94. The third kappa shape index (κ3) is 2.76. The fraction of sp³-hybridized carbons (Fsp3) is 0.154. The van der Waals surface area contributed by atoms with Gasteiger partial charge in [0.05, 0.1) is 5.69 Å². The molecule has 1 heterocycles. The van der Waals surface area contributed by atoms with E-state index in [1.54, 1.807) is 19.1 Å². The molecule has 0 saturated heterocycles. The van der Waals surface area contributed by atoms with Gasteiger partial charge >= 0.3 is 0 Å². The number of anilines is 1. The summed E-state index contributed by atoms with van der Waals surface area (Å²) in [4.78, 5) is 0.315. The van der Waals surface area contributed by atoms with Gasteiger partial charge in [-0.2, -0.15) is 5.26 Å². The molecular weight excluding hydrogens is 296 g/mol. The minimum absolute atomic E-state index is 0.0348. The molecule has 104 valence electrons. The Labute approximate surface area is 121 Å². The van der Waals surface area contributed by atoms with Gasteiger partial charge in [0.15, 0.2) is 0 Å². The minimum Gasteiger partial charge on any atom is -0.505 e. The third-order valence-electron chi connectivity index (χ3n) is 2.65. The summed E-state index contributed by atoms with van der Waals surface area (Å²) < 4.78 is 26.7. The molecule has 0 saturated carbocycles. The van der Waals surface area contributed by atoms with Gasteiger partial charge in [-0.15, -0.1) is 11.3 Å². The number of benzene rings is 1. The molecule has 1 aromatic heterocycles. The Kier molecular flexibility index (Phi) is 3.70. The highest BCUT2D eigenvalue weighted by Crippen LogP contribution is 2.31. The maximum Gasteiger partial charge on any atom is 0.271 e. The van der Waals surface area contributed by atoms with Crippen molar-refractivity contribution in [1.29, 1.82) is 5.26 Å². The van der Waals surface area contributed by atoms with Crippen LogP contribution in [0.3, 0.4) is 0 Å². The predicted molar refractivity (Wildman–Crippen MR) is 77.4 cm³/mol. The molecular formula is C13H12N2O3S2. The average Bonchev–Trinajstić information content (AvgIpc) is 2.84. The van der Waals surface area contributed by atoms with E-state index in [2.05, 4.69) is 4.72 Å². The van der Waals surface area contributed by atoms with Gasteiger partial charge in [0.2, 0.25) is 0 Å². The SMILES string of the molecule is Cc1cc(C)c(O)c(NS(=O)(=O)c2ccc(C#N)s2)c1. The van der Waals surface area contributed by atoms with Crippen molar-refractivity contribution in [3.63, 3.8) is 0 Å². The van der Waals surface area contributed by atoms with Crippen molar-refractivity contribution >= 4 is 27.0 Å². The van der Waals surface area contributed by atoms with Crippen LogP contribution >= 0.6 is 11.3 Å². The van der Waals surface area contributed by atoms with E-state index in [-0.39, 0.29) is 15.6 Å². The van der Waals surface area contributed by atoms with Gasteiger partial charge in [0, 0.05) is 0 Å². The van der Waals surface area contributed by atoms with Gasteiger partial charge in [-0.1, -0.05) is 6.07 Å². The quantitative estimate of drug-likeness (QED) is 0.853. The minimum atomic E-state index is -3.80. The zero-order chi connectivity index (χ0) is 14.9. The number of rotatable bonds is 3. The summed E-state index contributed by atoms with van der Waals surface area (Å²) in [5, 5.41) is 18.6. The van der Waals surface area contributed by atoms with Gasteiger partial charge in [0.1, 0.15) is 20.9 Å². The van der Waals surface area contributed by atoms with E-state index in [1.165, 1.54) is 12.1 Å². The molecule has 0 aliphatic carbocycles. The lowest BCUT2D eigenvalue weighted by Crippen LogP contribution is -2.12. The second-order valence-electron chi connectivity index (χ2n) is 4.31. The maximum absolute atomic E-state index is 12.2. The first-order chi connectivity index (χ1) is 9.33. The summed E-state index contributed by atoms with van der Waals surface area (Å²) in [6.45, 7) is 3.50. The lowest BCUT2D eigenvalue weighted by atomic mass is 10.1. The number of aryl methyl sites for hydroxylation is 2. The van der Waals surface area contributed by atoms with Crippen molar-refractivity contribution in [2.45, 2.75) is 18.1 Å². The number of hydrogen-bond acceptors (Lipinski definition) is 5. The van der Waals surface area contributed by atoms with Crippen LogP contribution in [0.5, 0.6) is 5.75 Å². The van der Waals surface area contributed by atoms with Gasteiger partial charge in [0.25, 0.3) is 10.0 Å². The Hall–Kier alpha value is -2.04. The molecule has 2 aromatic rings. The average molecular weight is 308 g/mol. The van der Waals surface area contributed by atoms with Crippen LogP contribution in [-0.2, 0) is 10.0 Å². The molecule has 0 radical (unpaired) electrons. The Balaban J connectivity index is 2.41. The van der Waals surface area contributed by atoms with Crippen LogP contribution < -0.4 is 4.72 Å². The molecule has 0 aliphatic heterocycles. The smallest absolute Gasteiger partial charge is 0.271 e. The largest absolute Gasteiger partial charge is 0.505 e. The first-order valence-corrected chi connectivity index (χ1v) is 7.96. The molecule has 1 aromatic carbocycles. The van der Waals surface area contributed by atoms with E-state index in [4.69, 9.17) is 5.26 Å². The Bertz CT molecular complexity index is 802. The van der Waals surface area contributed by atoms with E-state index in [0.717, 1.165) is 16.9 Å². The number of hydrogen-bond donors (Lipinski definition) is 2. The Morgan fingerprint density at radius 2 is 2.00 bits per heavy atom. The summed E-state index contributed by atoms with van der Waals surface area (Å²) in [7, 11) is -3.80. The van der Waals surface area contributed by atoms with Gasteiger partial charge in [-0.05, 0) is 43.2 Å². The number of phenolic OH excluding ortho intramolecular Hbond substituents is 1. The number of phenols is 1. The number of thiophene rings is 1. The topological polar surface area (TPSA) is 90.2 Å². The molecule has 0 fully saturated rings. The van der Waals surface area contributed by atoms with Crippen molar-refractivity contribution in [2.75, 3.05) is 4.72 Å². The zero-order valence-corrected chi connectivity index (χ0v) is 12.5. The van der Waals surface area contributed by atoms with Gasteiger partial charge in [-0.25, -0.2) is 8.42 Å². The lowest BCUT2D eigenvalue weighted by Gasteiger charge is -2.11. The van der Waals surface area contributed by atoms with Crippen LogP contribution in [0.4, 0.5) is 5.69 Å². The first kappa shape index (κ1) is 14.4. The molecule has 5 nitrogen and oxygen atoms in total. The van der Waals surface area contributed by atoms with E-state index in [9.17, 15) is 13.5 Å². The first-order valence-electron chi connectivity index (χ1n) is 5.66. The molecule has 0 atom stereocenters. The molecule has 0 spiro atoms. The number of nitrogens with zero attached hydrogens (tertiary/aromatic N) is 1. The number of aromatic hydroxyl groups is 1. The number of nitrogens with one attached hydrogen (secondary N) is 1. The highest BCUT2D eigenvalue weighted by Gasteiger charge is 2.19.